The van der Waals surface area contributed by atoms with Crippen molar-refractivity contribution in [3.63, 3.8) is 0 Å². The zero-order valence-electron chi connectivity index (χ0n) is 20.6. The molecule has 0 saturated carbocycles. The maximum atomic E-state index is 12.1. The lowest BCUT2D eigenvalue weighted by molar-refractivity contribution is 0.103. The van der Waals surface area contributed by atoms with Gasteiger partial charge in [-0.2, -0.15) is 0 Å². The Morgan fingerprint density at radius 1 is 0.455 bits per heavy atom. The van der Waals surface area contributed by atoms with Gasteiger partial charge in [-0.3, -0.25) is 4.79 Å². The largest absolute Gasteiger partial charge is 0.289 e. The van der Waals surface area contributed by atoms with Crippen molar-refractivity contribution < 1.29 is 4.79 Å². The van der Waals surface area contributed by atoms with Crippen molar-refractivity contribution >= 4 is 5.78 Å². The topological polar surface area (TPSA) is 17.1 Å². The molecule has 0 radical (unpaired) electrons. The third kappa shape index (κ3) is 6.29. The minimum Gasteiger partial charge on any atom is -0.289 e. The predicted octanol–water partition coefficient (Wildman–Crippen LogP) is 8.16. The number of benzene rings is 4. The van der Waals surface area contributed by atoms with Crippen LogP contribution in [0.5, 0.6) is 0 Å². The zero-order chi connectivity index (χ0) is 24.0. The van der Waals surface area contributed by atoms with E-state index in [9.17, 15) is 4.79 Å². The monoisotopic (exact) mass is 434 g/mol. The van der Waals surface area contributed by atoms with Crippen LogP contribution in [0.15, 0.2) is 97.1 Å². The first-order chi connectivity index (χ1) is 15.7. The first-order valence-corrected chi connectivity index (χ1v) is 11.5. The van der Waals surface area contributed by atoms with E-state index in [4.69, 9.17) is 0 Å². The third-order valence-electron chi connectivity index (χ3n) is 6.17. The van der Waals surface area contributed by atoms with Crippen LogP contribution in [0.3, 0.4) is 0 Å². The van der Waals surface area contributed by atoms with Crippen molar-refractivity contribution in [3.8, 4) is 0 Å². The highest BCUT2D eigenvalue weighted by molar-refractivity contribution is 6.08. The Kier molecular flexibility index (Phi) is 7.66. The highest BCUT2D eigenvalue weighted by Crippen LogP contribution is 2.31. The van der Waals surface area contributed by atoms with Crippen LogP contribution in [0, 0.1) is 27.7 Å². The minimum absolute atomic E-state index is 0.0708. The van der Waals surface area contributed by atoms with Gasteiger partial charge >= 0.3 is 0 Å². The molecular weight excluding hydrogens is 400 g/mol. The van der Waals surface area contributed by atoms with Crippen molar-refractivity contribution in [1.29, 1.82) is 0 Å². The summed E-state index contributed by atoms with van der Waals surface area (Å²) >= 11 is 0. The predicted molar refractivity (Wildman–Crippen MR) is 140 cm³/mol. The second kappa shape index (κ2) is 10.4. The summed E-state index contributed by atoms with van der Waals surface area (Å²) < 4.78 is 0. The Balaban J connectivity index is 0.000000186. The number of ketones is 1. The average molecular weight is 435 g/mol. The Hall–Kier alpha value is -3.45. The van der Waals surface area contributed by atoms with Crippen molar-refractivity contribution in [3.05, 3.63) is 142 Å². The molecule has 4 aromatic rings. The second-order valence-corrected chi connectivity index (χ2v) is 9.42. The van der Waals surface area contributed by atoms with E-state index >= 15 is 0 Å². The molecular formula is C32H34O. The van der Waals surface area contributed by atoms with Gasteiger partial charge < -0.3 is 0 Å². The van der Waals surface area contributed by atoms with E-state index in [1.807, 2.05) is 62.4 Å². The Bertz CT molecular complexity index is 1080. The van der Waals surface area contributed by atoms with Gasteiger partial charge in [-0.25, -0.2) is 0 Å². The molecule has 1 nitrogen and oxygen atoms in total. The maximum absolute atomic E-state index is 12.1. The molecule has 4 rings (SSSR count). The number of carbonyl (C=O) groups is 1. The van der Waals surface area contributed by atoms with Crippen LogP contribution in [-0.2, 0) is 5.41 Å². The summed E-state index contributed by atoms with van der Waals surface area (Å²) in [5.74, 6) is 0.0833. The highest BCUT2D eigenvalue weighted by atomic mass is 16.1. The van der Waals surface area contributed by atoms with Gasteiger partial charge in [0.2, 0.25) is 0 Å². The summed E-state index contributed by atoms with van der Waals surface area (Å²) in [6, 6.07) is 33.0. The van der Waals surface area contributed by atoms with E-state index in [-0.39, 0.29) is 11.2 Å². The highest BCUT2D eigenvalue weighted by Gasteiger charge is 2.22. The van der Waals surface area contributed by atoms with Gasteiger partial charge in [-0.1, -0.05) is 133 Å². The Morgan fingerprint density at radius 2 is 0.697 bits per heavy atom. The quantitative estimate of drug-likeness (QED) is 0.296. The first kappa shape index (κ1) is 24.2. The molecule has 0 spiro atoms. The van der Waals surface area contributed by atoms with E-state index < -0.39 is 0 Å². The van der Waals surface area contributed by atoms with E-state index in [1.54, 1.807) is 0 Å². The SMILES string of the molecule is Cc1ccc(C(=O)c2ccc(C)cc2)cc1.Cc1ccc(C(C)(C)c2ccc(C)cc2)cc1. The fourth-order valence-corrected chi connectivity index (χ4v) is 3.68. The smallest absolute Gasteiger partial charge is 0.193 e. The van der Waals surface area contributed by atoms with Crippen molar-refractivity contribution in [2.24, 2.45) is 0 Å². The fourth-order valence-electron chi connectivity index (χ4n) is 3.68. The number of rotatable bonds is 4. The summed E-state index contributed by atoms with van der Waals surface area (Å²) in [6.07, 6.45) is 0. The fraction of sp³-hybridized carbons (Fsp3) is 0.219. The van der Waals surface area contributed by atoms with Gasteiger partial charge in [0.25, 0.3) is 0 Å². The maximum Gasteiger partial charge on any atom is 0.193 e. The van der Waals surface area contributed by atoms with Gasteiger partial charge in [0.05, 0.1) is 0 Å². The lowest BCUT2D eigenvalue weighted by atomic mass is 9.78. The van der Waals surface area contributed by atoms with Gasteiger partial charge in [0, 0.05) is 16.5 Å². The molecule has 0 aliphatic heterocycles. The van der Waals surface area contributed by atoms with Crippen LogP contribution in [-0.4, -0.2) is 5.78 Å². The van der Waals surface area contributed by atoms with Crippen molar-refractivity contribution in [2.75, 3.05) is 0 Å². The molecule has 0 aliphatic rings. The van der Waals surface area contributed by atoms with Crippen molar-refractivity contribution in [1.82, 2.24) is 0 Å². The molecule has 0 aliphatic carbocycles. The van der Waals surface area contributed by atoms with Crippen LogP contribution < -0.4 is 0 Å². The molecule has 0 atom stereocenters. The van der Waals surface area contributed by atoms with Gasteiger partial charge in [-0.05, 0) is 38.8 Å². The lowest BCUT2D eigenvalue weighted by Crippen LogP contribution is -2.18. The van der Waals surface area contributed by atoms with Gasteiger partial charge in [-0.15, -0.1) is 0 Å². The summed E-state index contributed by atoms with van der Waals surface area (Å²) in [6.45, 7) is 12.8. The van der Waals surface area contributed by atoms with Gasteiger partial charge in [0.1, 0.15) is 0 Å². The molecule has 0 saturated heterocycles. The second-order valence-electron chi connectivity index (χ2n) is 9.42. The van der Waals surface area contributed by atoms with E-state index in [0.29, 0.717) is 0 Å². The average Bonchev–Trinajstić information content (AvgIpc) is 2.81. The van der Waals surface area contributed by atoms with Crippen LogP contribution in [0.25, 0.3) is 0 Å². The Morgan fingerprint density at radius 3 is 0.970 bits per heavy atom. The molecule has 33 heavy (non-hydrogen) atoms. The Labute approximate surface area is 199 Å². The summed E-state index contributed by atoms with van der Waals surface area (Å²) in [7, 11) is 0. The number of hydrogen-bond acceptors (Lipinski definition) is 1. The van der Waals surface area contributed by atoms with Crippen LogP contribution in [0.4, 0.5) is 0 Å². The molecule has 168 valence electrons. The van der Waals surface area contributed by atoms with Crippen LogP contribution >= 0.6 is 0 Å². The molecule has 0 aromatic heterocycles. The molecule has 0 bridgehead atoms. The summed E-state index contributed by atoms with van der Waals surface area (Å²) in [4.78, 5) is 12.1. The van der Waals surface area contributed by atoms with E-state index in [2.05, 4.69) is 76.2 Å². The summed E-state index contributed by atoms with van der Waals surface area (Å²) in [5.41, 5.74) is 9.26. The molecule has 0 unspecified atom stereocenters. The molecule has 0 N–H and O–H groups in total. The number of aryl methyl sites for hydroxylation is 4. The standard InChI is InChI=1S/C17H20.C15H14O/c1-13-5-9-15(10-6-13)17(3,4)16-11-7-14(2)8-12-16;1-11-3-7-13(8-4-11)15(16)14-9-5-12(2)6-10-14/h5-12H,1-4H3;3-10H,1-2H3. The van der Waals surface area contributed by atoms with E-state index in [1.165, 1.54) is 33.4 Å². The molecule has 0 heterocycles. The summed E-state index contributed by atoms with van der Waals surface area (Å²) in [5, 5.41) is 0. The zero-order valence-corrected chi connectivity index (χ0v) is 20.6. The first-order valence-electron chi connectivity index (χ1n) is 11.5. The lowest BCUT2D eigenvalue weighted by Gasteiger charge is -2.26. The molecule has 1 heteroatoms. The van der Waals surface area contributed by atoms with Gasteiger partial charge in [0.15, 0.2) is 5.78 Å². The molecule has 0 fully saturated rings. The minimum atomic E-state index is 0.0708. The van der Waals surface area contributed by atoms with Crippen LogP contribution in [0.2, 0.25) is 0 Å². The van der Waals surface area contributed by atoms with E-state index in [0.717, 1.165) is 11.1 Å². The number of carbonyl (C=O) groups excluding carboxylic acids is 1. The number of hydrogen-bond donors (Lipinski definition) is 0. The third-order valence-corrected chi connectivity index (χ3v) is 6.17. The molecule has 4 aromatic carbocycles. The molecule has 0 amide bonds. The van der Waals surface area contributed by atoms with Crippen molar-refractivity contribution in [2.45, 2.75) is 47.0 Å². The van der Waals surface area contributed by atoms with Crippen LogP contribution in [0.1, 0.15) is 63.1 Å². The normalized spacial score (nSPS) is 10.8.